The molecule has 0 atom stereocenters. The number of aliphatic hydroxyl groups excluding tert-OH is 1. The first kappa shape index (κ1) is 12.9. The summed E-state index contributed by atoms with van der Waals surface area (Å²) in [6.45, 7) is 1.55. The maximum atomic E-state index is 11.9. The van der Waals surface area contributed by atoms with E-state index < -0.39 is 0 Å². The molecule has 1 amide bonds. The van der Waals surface area contributed by atoms with Crippen molar-refractivity contribution in [1.82, 2.24) is 4.98 Å². The summed E-state index contributed by atoms with van der Waals surface area (Å²) in [6.07, 6.45) is 1.46. The Morgan fingerprint density at radius 2 is 2.37 bits per heavy atom. The van der Waals surface area contributed by atoms with Crippen LogP contribution >= 0.6 is 0 Å². The van der Waals surface area contributed by atoms with Gasteiger partial charge in [0.2, 0.25) is 0 Å². The lowest BCUT2D eigenvalue weighted by Crippen LogP contribution is -2.12. The highest BCUT2D eigenvalue weighted by Gasteiger charge is 2.09. The Kier molecular flexibility index (Phi) is 3.96. The molecule has 2 N–H and O–H groups in total. The molecule has 5 heteroatoms. The molecule has 0 fully saturated rings. The van der Waals surface area contributed by atoms with Crippen molar-refractivity contribution in [3.05, 3.63) is 47.3 Å². The van der Waals surface area contributed by atoms with Gasteiger partial charge in [-0.25, -0.2) is 0 Å². The highest BCUT2D eigenvalue weighted by Crippen LogP contribution is 2.10. The molecule has 2 rings (SSSR count). The molecule has 0 saturated heterocycles. The topological polar surface area (TPSA) is 75.4 Å². The van der Waals surface area contributed by atoms with Crippen LogP contribution in [-0.2, 0) is 0 Å². The van der Waals surface area contributed by atoms with Gasteiger partial charge in [0, 0.05) is 11.1 Å². The number of aliphatic hydroxyl groups is 1. The second-order valence-corrected chi connectivity index (χ2v) is 3.79. The summed E-state index contributed by atoms with van der Waals surface area (Å²) in [5, 5.41) is 11.2. The van der Waals surface area contributed by atoms with Crippen molar-refractivity contribution >= 4 is 11.9 Å². The van der Waals surface area contributed by atoms with Crippen LogP contribution < -0.4 is 5.32 Å². The fourth-order valence-corrected chi connectivity index (χ4v) is 1.46. The number of amides is 1. The number of nitrogens with one attached hydrogen (secondary N) is 1. The van der Waals surface area contributed by atoms with Gasteiger partial charge in [-0.3, -0.25) is 10.1 Å². The van der Waals surface area contributed by atoms with Crippen molar-refractivity contribution in [2.45, 2.75) is 6.92 Å². The molecule has 0 unspecified atom stereocenters. The Hall–Kier alpha value is -2.58. The minimum Gasteiger partial charge on any atom is -0.432 e. The quantitative estimate of drug-likeness (QED) is 0.800. The van der Waals surface area contributed by atoms with Crippen LogP contribution in [0.15, 0.2) is 34.9 Å². The van der Waals surface area contributed by atoms with Gasteiger partial charge in [-0.05, 0) is 25.1 Å². The summed E-state index contributed by atoms with van der Waals surface area (Å²) < 4.78 is 5.05. The highest BCUT2D eigenvalue weighted by atomic mass is 16.4. The van der Waals surface area contributed by atoms with E-state index in [2.05, 4.69) is 22.1 Å². The number of aromatic nitrogens is 1. The maximum absolute atomic E-state index is 11.9. The Morgan fingerprint density at radius 1 is 1.53 bits per heavy atom. The van der Waals surface area contributed by atoms with Gasteiger partial charge in [0.25, 0.3) is 5.91 Å². The average molecular weight is 256 g/mol. The number of hydrogen-bond acceptors (Lipinski definition) is 4. The Labute approximate surface area is 110 Å². The normalized spacial score (nSPS) is 9.58. The van der Waals surface area contributed by atoms with Crippen LogP contribution in [0.1, 0.15) is 21.6 Å². The molecule has 0 radical (unpaired) electrons. The van der Waals surface area contributed by atoms with Gasteiger partial charge in [-0.15, -0.1) is 0 Å². The van der Waals surface area contributed by atoms with Crippen molar-refractivity contribution in [2.24, 2.45) is 0 Å². The Balaban J connectivity index is 2.15. The van der Waals surface area contributed by atoms with Crippen molar-refractivity contribution in [3.8, 4) is 11.8 Å². The molecular formula is C14H12N2O3. The fourth-order valence-electron chi connectivity index (χ4n) is 1.46. The van der Waals surface area contributed by atoms with E-state index in [9.17, 15) is 4.79 Å². The van der Waals surface area contributed by atoms with Crippen LogP contribution in [0.4, 0.5) is 6.01 Å². The summed E-state index contributed by atoms with van der Waals surface area (Å²) in [5.41, 5.74) is 1.80. The van der Waals surface area contributed by atoms with Crippen molar-refractivity contribution in [1.29, 1.82) is 0 Å². The molecule has 0 aliphatic rings. The molecule has 1 aromatic heterocycles. The van der Waals surface area contributed by atoms with Crippen molar-refractivity contribution < 1.29 is 14.3 Å². The van der Waals surface area contributed by atoms with Gasteiger partial charge in [-0.1, -0.05) is 17.9 Å². The molecule has 0 aliphatic carbocycles. The van der Waals surface area contributed by atoms with Crippen LogP contribution in [0.2, 0.25) is 0 Å². The van der Waals surface area contributed by atoms with Gasteiger partial charge >= 0.3 is 6.01 Å². The second kappa shape index (κ2) is 5.85. The van der Waals surface area contributed by atoms with Crippen LogP contribution in [0.5, 0.6) is 0 Å². The molecule has 5 nitrogen and oxygen atoms in total. The zero-order chi connectivity index (χ0) is 13.7. The SMILES string of the molecule is Cc1coc(NC(=O)c2cccc(C#CCO)c2)n1. The predicted molar refractivity (Wildman–Crippen MR) is 69.6 cm³/mol. The molecule has 1 aromatic carbocycles. The minimum absolute atomic E-state index is 0.161. The molecule has 0 bridgehead atoms. The van der Waals surface area contributed by atoms with Gasteiger partial charge in [-0.2, -0.15) is 4.98 Å². The van der Waals surface area contributed by atoms with E-state index in [1.165, 1.54) is 6.26 Å². The lowest BCUT2D eigenvalue weighted by molar-refractivity contribution is 0.102. The monoisotopic (exact) mass is 256 g/mol. The largest absolute Gasteiger partial charge is 0.432 e. The first-order chi connectivity index (χ1) is 9.19. The van der Waals surface area contributed by atoms with Crippen LogP contribution in [0.25, 0.3) is 0 Å². The number of carbonyl (C=O) groups excluding carboxylic acids is 1. The molecule has 0 spiro atoms. The maximum Gasteiger partial charge on any atom is 0.301 e. The lowest BCUT2D eigenvalue weighted by Gasteiger charge is -2.01. The van der Waals surface area contributed by atoms with Gasteiger partial charge in [0.1, 0.15) is 12.9 Å². The van der Waals surface area contributed by atoms with Gasteiger partial charge in [0.05, 0.1) is 5.69 Å². The molecule has 1 heterocycles. The highest BCUT2D eigenvalue weighted by molar-refractivity contribution is 6.03. The molecule has 0 aliphatic heterocycles. The van der Waals surface area contributed by atoms with Crippen molar-refractivity contribution in [2.75, 3.05) is 11.9 Å². The van der Waals surface area contributed by atoms with E-state index in [-0.39, 0.29) is 18.5 Å². The number of rotatable bonds is 2. The van der Waals surface area contributed by atoms with Gasteiger partial charge in [0.15, 0.2) is 0 Å². The summed E-state index contributed by atoms with van der Waals surface area (Å²) >= 11 is 0. The molecule has 0 saturated carbocycles. The minimum atomic E-state index is -0.325. The van der Waals surface area contributed by atoms with E-state index in [1.54, 1.807) is 31.2 Å². The third-order valence-corrected chi connectivity index (χ3v) is 2.28. The number of benzene rings is 1. The summed E-state index contributed by atoms with van der Waals surface area (Å²) in [7, 11) is 0. The molecular weight excluding hydrogens is 244 g/mol. The Bertz CT molecular complexity index is 650. The number of carbonyl (C=O) groups is 1. The van der Waals surface area contributed by atoms with E-state index in [1.807, 2.05) is 0 Å². The summed E-state index contributed by atoms with van der Waals surface area (Å²) in [4.78, 5) is 15.9. The first-order valence-electron chi connectivity index (χ1n) is 5.62. The predicted octanol–water partition coefficient (Wildman–Crippen LogP) is 1.58. The first-order valence-corrected chi connectivity index (χ1v) is 5.62. The van der Waals surface area contributed by atoms with E-state index in [4.69, 9.17) is 9.52 Å². The zero-order valence-corrected chi connectivity index (χ0v) is 10.3. The van der Waals surface area contributed by atoms with Gasteiger partial charge < -0.3 is 9.52 Å². The van der Waals surface area contributed by atoms with Crippen LogP contribution in [0, 0.1) is 18.8 Å². The zero-order valence-electron chi connectivity index (χ0n) is 10.3. The number of anilines is 1. The van der Waals surface area contributed by atoms with E-state index in [0.29, 0.717) is 16.8 Å². The van der Waals surface area contributed by atoms with Crippen LogP contribution in [0.3, 0.4) is 0 Å². The number of hydrogen-bond donors (Lipinski definition) is 2. The number of oxazole rings is 1. The molecule has 96 valence electrons. The standard InChI is InChI=1S/C14H12N2O3/c1-10-9-19-14(15-10)16-13(18)12-6-2-4-11(8-12)5-3-7-17/h2,4,6,8-9,17H,7H2,1H3,(H,15,16,18). The third-order valence-electron chi connectivity index (χ3n) is 2.28. The lowest BCUT2D eigenvalue weighted by atomic mass is 10.1. The molecule has 19 heavy (non-hydrogen) atoms. The van der Waals surface area contributed by atoms with E-state index >= 15 is 0 Å². The molecule has 2 aromatic rings. The van der Waals surface area contributed by atoms with E-state index in [0.717, 1.165) is 0 Å². The number of aryl methyl sites for hydroxylation is 1. The Morgan fingerprint density at radius 3 is 3.05 bits per heavy atom. The average Bonchev–Trinajstić information content (AvgIpc) is 2.82. The third kappa shape index (κ3) is 3.44. The number of nitrogens with zero attached hydrogens (tertiary/aromatic N) is 1. The smallest absolute Gasteiger partial charge is 0.301 e. The summed E-state index contributed by atoms with van der Waals surface area (Å²) in [6, 6.07) is 6.93. The van der Waals surface area contributed by atoms with Crippen LogP contribution in [-0.4, -0.2) is 22.6 Å². The fraction of sp³-hybridized carbons (Fsp3) is 0.143. The summed E-state index contributed by atoms with van der Waals surface area (Å²) in [5.74, 6) is 4.94. The second-order valence-electron chi connectivity index (χ2n) is 3.79. The van der Waals surface area contributed by atoms with Crippen molar-refractivity contribution in [3.63, 3.8) is 0 Å².